The molecule has 4 aromatic rings. The van der Waals surface area contributed by atoms with Crippen LogP contribution in [0.1, 0.15) is 16.7 Å². The van der Waals surface area contributed by atoms with Crippen LogP contribution in [-0.2, 0) is 5.60 Å². The van der Waals surface area contributed by atoms with E-state index in [1.807, 2.05) is 109 Å². The van der Waals surface area contributed by atoms with Crippen molar-refractivity contribution >= 4 is 16.8 Å². The minimum atomic E-state index is -1.41. The van der Waals surface area contributed by atoms with Gasteiger partial charge in [0.1, 0.15) is 0 Å². The van der Waals surface area contributed by atoms with Gasteiger partial charge in [-0.25, -0.2) is 0 Å². The van der Waals surface area contributed by atoms with Gasteiger partial charge in [0.15, 0.2) is 5.60 Å². The van der Waals surface area contributed by atoms with Crippen molar-refractivity contribution in [2.24, 2.45) is 0 Å². The minimum Gasteiger partial charge on any atom is -0.370 e. The maximum atomic E-state index is 11.6. The molecule has 0 aliphatic rings. The van der Waals surface area contributed by atoms with Crippen LogP contribution < -0.4 is 0 Å². The van der Waals surface area contributed by atoms with Crippen LogP contribution >= 0.6 is 0 Å². The normalized spacial score (nSPS) is 13.0. The van der Waals surface area contributed by atoms with Gasteiger partial charge in [0.2, 0.25) is 0 Å². The Bertz CT molecular complexity index is 1160. The highest BCUT2D eigenvalue weighted by Gasteiger charge is 2.25. The molecule has 0 amide bonds. The highest BCUT2D eigenvalue weighted by molar-refractivity contribution is 5.87. The van der Waals surface area contributed by atoms with Gasteiger partial charge in [-0.2, -0.15) is 0 Å². The zero-order chi connectivity index (χ0) is 19.2. The number of aliphatic hydroxyl groups is 1. The summed E-state index contributed by atoms with van der Waals surface area (Å²) in [5.74, 6) is 6.24. The summed E-state index contributed by atoms with van der Waals surface area (Å²) in [6.45, 7) is 0. The van der Waals surface area contributed by atoms with Gasteiger partial charge >= 0.3 is 0 Å². The molecule has 0 fully saturated rings. The van der Waals surface area contributed by atoms with Crippen LogP contribution in [0.4, 0.5) is 0 Å². The van der Waals surface area contributed by atoms with E-state index in [2.05, 4.69) is 11.8 Å². The molecule has 0 spiro atoms. The lowest BCUT2D eigenvalue weighted by molar-refractivity contribution is 0.156. The first kappa shape index (κ1) is 17.8. The molecule has 0 bridgehead atoms. The topological polar surface area (TPSA) is 20.2 Å². The second-order valence-electron chi connectivity index (χ2n) is 6.65. The Morgan fingerprint density at radius 1 is 0.679 bits per heavy atom. The third kappa shape index (κ3) is 3.88. The fourth-order valence-electron chi connectivity index (χ4n) is 3.23. The Balaban J connectivity index is 1.86. The summed E-state index contributed by atoms with van der Waals surface area (Å²) in [7, 11) is 0. The van der Waals surface area contributed by atoms with Gasteiger partial charge in [0.05, 0.1) is 0 Å². The molecule has 0 aliphatic carbocycles. The SMILES string of the molecule is OC(C#Cc1ccccc1)(/C=C/c1ccccc1)c1cccc2ccccc12. The summed E-state index contributed by atoms with van der Waals surface area (Å²) in [5, 5.41) is 13.7. The number of hydrogen-bond donors (Lipinski definition) is 1. The van der Waals surface area contributed by atoms with Gasteiger partial charge in [-0.3, -0.25) is 0 Å². The van der Waals surface area contributed by atoms with Crippen LogP contribution in [0.25, 0.3) is 16.8 Å². The first-order valence-corrected chi connectivity index (χ1v) is 9.28. The molecule has 1 unspecified atom stereocenters. The molecule has 0 saturated carbocycles. The van der Waals surface area contributed by atoms with Crippen LogP contribution in [0, 0.1) is 11.8 Å². The van der Waals surface area contributed by atoms with Crippen molar-refractivity contribution in [2.45, 2.75) is 5.60 Å². The summed E-state index contributed by atoms with van der Waals surface area (Å²) in [6.07, 6.45) is 3.70. The van der Waals surface area contributed by atoms with Crippen molar-refractivity contribution in [3.8, 4) is 11.8 Å². The molecular weight excluding hydrogens is 340 g/mol. The molecule has 134 valence electrons. The van der Waals surface area contributed by atoms with Gasteiger partial charge in [-0.1, -0.05) is 109 Å². The standard InChI is InChI=1S/C27H20O/c28-27(20-18-22-10-3-1-4-11-22,21-19-23-12-5-2-6-13-23)26-17-9-15-24-14-7-8-16-25(24)26/h1-18,20,28H/b20-18+. The highest BCUT2D eigenvalue weighted by Crippen LogP contribution is 2.30. The van der Waals surface area contributed by atoms with Crippen molar-refractivity contribution in [1.29, 1.82) is 0 Å². The van der Waals surface area contributed by atoms with Crippen molar-refractivity contribution in [3.05, 3.63) is 126 Å². The average Bonchev–Trinajstić information content (AvgIpc) is 2.77. The van der Waals surface area contributed by atoms with E-state index in [0.717, 1.165) is 27.5 Å². The van der Waals surface area contributed by atoms with E-state index < -0.39 is 5.60 Å². The zero-order valence-electron chi connectivity index (χ0n) is 15.4. The average molecular weight is 360 g/mol. The molecule has 28 heavy (non-hydrogen) atoms. The van der Waals surface area contributed by atoms with Gasteiger partial charge in [-0.15, -0.1) is 0 Å². The van der Waals surface area contributed by atoms with E-state index in [-0.39, 0.29) is 0 Å². The molecule has 0 radical (unpaired) electrons. The minimum absolute atomic E-state index is 0.779. The fourth-order valence-corrected chi connectivity index (χ4v) is 3.23. The molecule has 4 aromatic carbocycles. The van der Waals surface area contributed by atoms with Gasteiger partial charge in [-0.05, 0) is 34.5 Å². The Hall–Kier alpha value is -3.60. The van der Waals surface area contributed by atoms with Gasteiger partial charge in [0, 0.05) is 11.1 Å². The first-order valence-electron chi connectivity index (χ1n) is 9.28. The largest absolute Gasteiger partial charge is 0.370 e. The molecule has 4 rings (SSSR count). The van der Waals surface area contributed by atoms with Gasteiger partial charge in [0.25, 0.3) is 0 Å². The molecule has 1 atom stereocenters. The van der Waals surface area contributed by atoms with Crippen molar-refractivity contribution in [3.63, 3.8) is 0 Å². The van der Waals surface area contributed by atoms with Gasteiger partial charge < -0.3 is 5.11 Å². The van der Waals surface area contributed by atoms with Crippen molar-refractivity contribution < 1.29 is 5.11 Å². The zero-order valence-corrected chi connectivity index (χ0v) is 15.4. The van der Waals surface area contributed by atoms with E-state index in [1.54, 1.807) is 6.08 Å². The lowest BCUT2D eigenvalue weighted by Gasteiger charge is -2.21. The van der Waals surface area contributed by atoms with Crippen LogP contribution in [0.3, 0.4) is 0 Å². The Morgan fingerprint density at radius 2 is 1.32 bits per heavy atom. The summed E-state index contributed by atoms with van der Waals surface area (Å²) >= 11 is 0. The summed E-state index contributed by atoms with van der Waals surface area (Å²) in [4.78, 5) is 0. The molecule has 1 nitrogen and oxygen atoms in total. The first-order chi connectivity index (χ1) is 13.7. The molecule has 0 heterocycles. The molecular formula is C27H20O. The lowest BCUT2D eigenvalue weighted by atomic mass is 9.88. The lowest BCUT2D eigenvalue weighted by Crippen LogP contribution is -2.21. The third-order valence-electron chi connectivity index (χ3n) is 4.69. The van der Waals surface area contributed by atoms with Crippen LogP contribution in [-0.4, -0.2) is 5.11 Å². The monoisotopic (exact) mass is 360 g/mol. The second kappa shape index (κ2) is 7.96. The quantitative estimate of drug-likeness (QED) is 0.458. The molecule has 1 heteroatoms. The van der Waals surface area contributed by atoms with Crippen LogP contribution in [0.15, 0.2) is 109 Å². The van der Waals surface area contributed by atoms with E-state index in [9.17, 15) is 5.11 Å². The highest BCUT2D eigenvalue weighted by atomic mass is 16.3. The number of fused-ring (bicyclic) bond motifs is 1. The number of benzene rings is 4. The van der Waals surface area contributed by atoms with E-state index in [0.29, 0.717) is 0 Å². The number of hydrogen-bond acceptors (Lipinski definition) is 1. The molecule has 0 saturated heterocycles. The number of rotatable bonds is 3. The summed E-state index contributed by atoms with van der Waals surface area (Å²) < 4.78 is 0. The predicted molar refractivity (Wildman–Crippen MR) is 117 cm³/mol. The Kier molecular flexibility index (Phi) is 5.06. The maximum Gasteiger partial charge on any atom is 0.171 e. The van der Waals surface area contributed by atoms with Crippen LogP contribution in [0.5, 0.6) is 0 Å². The van der Waals surface area contributed by atoms with E-state index in [1.165, 1.54) is 0 Å². The fraction of sp³-hybridized carbons (Fsp3) is 0.0370. The van der Waals surface area contributed by atoms with E-state index >= 15 is 0 Å². The second-order valence-corrected chi connectivity index (χ2v) is 6.65. The predicted octanol–water partition coefficient (Wildman–Crippen LogP) is 5.79. The smallest absolute Gasteiger partial charge is 0.171 e. The van der Waals surface area contributed by atoms with Crippen molar-refractivity contribution in [1.82, 2.24) is 0 Å². The van der Waals surface area contributed by atoms with E-state index in [4.69, 9.17) is 0 Å². The summed E-state index contributed by atoms with van der Waals surface area (Å²) in [5.41, 5.74) is 1.25. The summed E-state index contributed by atoms with van der Waals surface area (Å²) in [6, 6.07) is 33.7. The maximum absolute atomic E-state index is 11.6. The molecule has 0 aliphatic heterocycles. The molecule has 1 N–H and O–H groups in total. The Morgan fingerprint density at radius 3 is 2.11 bits per heavy atom. The Labute approximate surface area is 165 Å². The van der Waals surface area contributed by atoms with Crippen LogP contribution in [0.2, 0.25) is 0 Å². The third-order valence-corrected chi connectivity index (χ3v) is 4.69. The molecule has 0 aromatic heterocycles. The van der Waals surface area contributed by atoms with Crippen molar-refractivity contribution in [2.75, 3.05) is 0 Å².